The van der Waals surface area contributed by atoms with E-state index in [1.807, 2.05) is 60.7 Å². The van der Waals surface area contributed by atoms with Crippen molar-refractivity contribution in [3.63, 3.8) is 0 Å². The predicted molar refractivity (Wildman–Crippen MR) is 153 cm³/mol. The van der Waals surface area contributed by atoms with Gasteiger partial charge in [0.1, 0.15) is 24.2 Å². The number of halogens is 1. The molecule has 0 unspecified atom stereocenters. The number of esters is 1. The average molecular weight is 547 g/mol. The van der Waals surface area contributed by atoms with Crippen molar-refractivity contribution < 1.29 is 23.5 Å². The molecule has 40 heavy (non-hydrogen) atoms. The van der Waals surface area contributed by atoms with Gasteiger partial charge in [-0.05, 0) is 92.2 Å². The Hall–Kier alpha value is -3.71. The molecule has 4 rings (SSSR count). The van der Waals surface area contributed by atoms with Gasteiger partial charge in [-0.2, -0.15) is 0 Å². The van der Waals surface area contributed by atoms with Crippen LogP contribution in [-0.2, 0) is 33.8 Å². The minimum Gasteiger partial charge on any atom is -0.489 e. The van der Waals surface area contributed by atoms with Gasteiger partial charge in [-0.1, -0.05) is 54.6 Å². The first-order valence-corrected chi connectivity index (χ1v) is 14.1. The van der Waals surface area contributed by atoms with Gasteiger partial charge >= 0.3 is 5.97 Å². The molecule has 0 aromatic heterocycles. The van der Waals surface area contributed by atoms with Crippen LogP contribution in [0.1, 0.15) is 42.4 Å². The zero-order valence-corrected chi connectivity index (χ0v) is 23.2. The smallest absolute Gasteiger partial charge is 0.328 e. The van der Waals surface area contributed by atoms with E-state index >= 15 is 0 Å². The number of carbonyl (C=O) groups excluding carboxylic acids is 2. The SMILES string of the molecule is COC(=O)[C@H](Cc1ccc(OCc2ccccc2)cc1)NC(=O)CC1CCN(CCCc2cccc(F)c2)CC1. The van der Waals surface area contributed by atoms with Gasteiger partial charge in [0.15, 0.2) is 0 Å². The van der Waals surface area contributed by atoms with Crippen LogP contribution in [0.5, 0.6) is 5.75 Å². The molecule has 1 N–H and O–H groups in total. The minimum atomic E-state index is -0.739. The molecular formula is C33H39FN2O4. The molecule has 1 atom stereocenters. The third-order valence-corrected chi connectivity index (χ3v) is 7.44. The monoisotopic (exact) mass is 546 g/mol. The number of amides is 1. The first-order chi connectivity index (χ1) is 19.5. The third-order valence-electron chi connectivity index (χ3n) is 7.44. The van der Waals surface area contributed by atoms with E-state index < -0.39 is 12.0 Å². The largest absolute Gasteiger partial charge is 0.489 e. The molecule has 0 radical (unpaired) electrons. The Balaban J connectivity index is 1.18. The highest BCUT2D eigenvalue weighted by Gasteiger charge is 2.25. The normalized spacial score (nSPS) is 14.8. The number of carbonyl (C=O) groups is 2. The summed E-state index contributed by atoms with van der Waals surface area (Å²) in [5.74, 6) is 0.270. The summed E-state index contributed by atoms with van der Waals surface area (Å²) < 4.78 is 24.2. The molecule has 0 bridgehead atoms. The molecule has 0 spiro atoms. The summed E-state index contributed by atoms with van der Waals surface area (Å²) in [5.41, 5.74) is 3.03. The maximum Gasteiger partial charge on any atom is 0.328 e. The molecular weight excluding hydrogens is 507 g/mol. The van der Waals surface area contributed by atoms with Gasteiger partial charge in [0.05, 0.1) is 7.11 Å². The molecule has 6 nitrogen and oxygen atoms in total. The van der Waals surface area contributed by atoms with Crippen molar-refractivity contribution in [2.75, 3.05) is 26.7 Å². The summed E-state index contributed by atoms with van der Waals surface area (Å²) in [6.07, 6.45) is 4.48. The van der Waals surface area contributed by atoms with Crippen LogP contribution in [0, 0.1) is 11.7 Å². The predicted octanol–water partition coefficient (Wildman–Crippen LogP) is 5.34. The van der Waals surface area contributed by atoms with Crippen molar-refractivity contribution in [3.05, 3.63) is 101 Å². The maximum atomic E-state index is 13.4. The molecule has 0 aliphatic carbocycles. The fraction of sp³-hybridized carbons (Fsp3) is 0.394. The Labute approximate surface area is 236 Å². The highest BCUT2D eigenvalue weighted by molar-refractivity contribution is 5.84. The van der Waals surface area contributed by atoms with E-state index in [-0.39, 0.29) is 11.7 Å². The third kappa shape index (κ3) is 9.49. The van der Waals surface area contributed by atoms with E-state index in [1.165, 1.54) is 13.2 Å². The molecule has 212 valence electrons. The Morgan fingerprint density at radius 2 is 1.68 bits per heavy atom. The van der Waals surface area contributed by atoms with Crippen LogP contribution in [-0.4, -0.2) is 49.6 Å². The molecule has 0 saturated carbocycles. The number of aryl methyl sites for hydroxylation is 1. The Kier molecular flexibility index (Phi) is 11.1. The molecule has 7 heteroatoms. The van der Waals surface area contributed by atoms with Crippen LogP contribution >= 0.6 is 0 Å². The lowest BCUT2D eigenvalue weighted by atomic mass is 9.92. The number of nitrogens with zero attached hydrogens (tertiary/aromatic N) is 1. The molecule has 1 aliphatic heterocycles. The standard InChI is InChI=1S/C33H39FN2O4/c1-39-33(38)31(22-26-12-14-30(15-13-26)40-24-28-7-3-2-4-8-28)35-32(37)23-27-16-19-36(20-17-27)18-6-10-25-9-5-11-29(34)21-25/h2-5,7-9,11-15,21,27,31H,6,10,16-20,22-24H2,1H3,(H,35,37)/t31-/m0/s1. The van der Waals surface area contributed by atoms with E-state index in [0.717, 1.165) is 67.8 Å². The summed E-state index contributed by atoms with van der Waals surface area (Å²) in [4.78, 5) is 27.7. The van der Waals surface area contributed by atoms with Gasteiger partial charge in [0, 0.05) is 12.8 Å². The van der Waals surface area contributed by atoms with Gasteiger partial charge < -0.3 is 19.7 Å². The van der Waals surface area contributed by atoms with Crippen molar-refractivity contribution in [1.82, 2.24) is 10.2 Å². The number of nitrogens with one attached hydrogen (secondary N) is 1. The molecule has 1 amide bonds. The molecule has 1 heterocycles. The molecule has 3 aromatic rings. The van der Waals surface area contributed by atoms with Crippen molar-refractivity contribution in [1.29, 1.82) is 0 Å². The number of piperidine rings is 1. The highest BCUT2D eigenvalue weighted by atomic mass is 19.1. The van der Waals surface area contributed by atoms with Crippen LogP contribution in [0.2, 0.25) is 0 Å². The lowest BCUT2D eigenvalue weighted by Gasteiger charge is -2.32. The van der Waals surface area contributed by atoms with Gasteiger partial charge in [0.2, 0.25) is 5.91 Å². The average Bonchev–Trinajstić information content (AvgIpc) is 2.97. The van der Waals surface area contributed by atoms with Crippen molar-refractivity contribution in [2.24, 2.45) is 5.92 Å². The van der Waals surface area contributed by atoms with Gasteiger partial charge in [-0.25, -0.2) is 9.18 Å². The topological polar surface area (TPSA) is 67.9 Å². The van der Waals surface area contributed by atoms with Crippen molar-refractivity contribution in [2.45, 2.75) is 51.2 Å². The van der Waals surface area contributed by atoms with Crippen LogP contribution in [0.3, 0.4) is 0 Å². The Morgan fingerprint density at radius 3 is 2.38 bits per heavy atom. The van der Waals surface area contributed by atoms with E-state index in [0.29, 0.717) is 25.4 Å². The fourth-order valence-corrected chi connectivity index (χ4v) is 5.16. The van der Waals surface area contributed by atoms with Crippen LogP contribution in [0.4, 0.5) is 4.39 Å². The zero-order valence-electron chi connectivity index (χ0n) is 23.2. The molecule has 1 saturated heterocycles. The van der Waals surface area contributed by atoms with Crippen molar-refractivity contribution >= 4 is 11.9 Å². The number of methoxy groups -OCH3 is 1. The number of hydrogen-bond acceptors (Lipinski definition) is 5. The van der Waals surface area contributed by atoms with E-state index in [9.17, 15) is 14.0 Å². The second-order valence-electron chi connectivity index (χ2n) is 10.5. The quantitative estimate of drug-likeness (QED) is 0.293. The first-order valence-electron chi connectivity index (χ1n) is 14.1. The molecule has 1 aliphatic rings. The Bertz CT molecular complexity index is 1210. The van der Waals surface area contributed by atoms with Crippen molar-refractivity contribution in [3.8, 4) is 5.75 Å². The highest BCUT2D eigenvalue weighted by Crippen LogP contribution is 2.21. The van der Waals surface area contributed by atoms with Gasteiger partial charge in [-0.15, -0.1) is 0 Å². The number of likely N-dealkylation sites (tertiary alicyclic amines) is 1. The minimum absolute atomic E-state index is 0.122. The zero-order chi connectivity index (χ0) is 28.2. The lowest BCUT2D eigenvalue weighted by Crippen LogP contribution is -2.44. The second kappa shape index (κ2) is 15.2. The van der Waals surface area contributed by atoms with E-state index in [4.69, 9.17) is 9.47 Å². The lowest BCUT2D eigenvalue weighted by molar-refractivity contribution is -0.145. The maximum absolute atomic E-state index is 13.4. The molecule has 3 aromatic carbocycles. The summed E-state index contributed by atoms with van der Waals surface area (Å²) in [5, 5.41) is 2.90. The second-order valence-corrected chi connectivity index (χ2v) is 10.5. The van der Waals surface area contributed by atoms with Gasteiger partial charge in [0.25, 0.3) is 0 Å². The number of benzene rings is 3. The Morgan fingerprint density at radius 1 is 0.950 bits per heavy atom. The summed E-state index contributed by atoms with van der Waals surface area (Å²) in [6.45, 7) is 3.34. The number of rotatable bonds is 13. The first kappa shape index (κ1) is 29.3. The summed E-state index contributed by atoms with van der Waals surface area (Å²) >= 11 is 0. The summed E-state index contributed by atoms with van der Waals surface area (Å²) in [6, 6.07) is 23.6. The number of hydrogen-bond donors (Lipinski definition) is 1. The van der Waals surface area contributed by atoms with E-state index in [1.54, 1.807) is 12.1 Å². The summed E-state index contributed by atoms with van der Waals surface area (Å²) in [7, 11) is 1.34. The van der Waals surface area contributed by atoms with Crippen LogP contribution in [0.15, 0.2) is 78.9 Å². The van der Waals surface area contributed by atoms with Crippen LogP contribution < -0.4 is 10.1 Å². The molecule has 1 fully saturated rings. The van der Waals surface area contributed by atoms with Crippen LogP contribution in [0.25, 0.3) is 0 Å². The van der Waals surface area contributed by atoms with Gasteiger partial charge in [-0.3, -0.25) is 4.79 Å². The van der Waals surface area contributed by atoms with E-state index in [2.05, 4.69) is 10.2 Å². The number of ether oxygens (including phenoxy) is 2. The fourth-order valence-electron chi connectivity index (χ4n) is 5.16.